The van der Waals surface area contributed by atoms with Crippen molar-refractivity contribution >= 4 is 28.9 Å². The average Bonchev–Trinajstić information content (AvgIpc) is 2.61. The number of hydrogen-bond donors (Lipinski definition) is 2. The van der Waals surface area contributed by atoms with Gasteiger partial charge >= 0.3 is 0 Å². The van der Waals surface area contributed by atoms with Crippen molar-refractivity contribution in [3.05, 3.63) is 71.4 Å². The Kier molecular flexibility index (Phi) is 5.45. The Balaban J connectivity index is 1.76. The Hall–Kier alpha value is -3.21. The molecule has 144 valence electrons. The molecular formula is C23H26N4O. The Bertz CT molecular complexity index is 971. The van der Waals surface area contributed by atoms with Crippen LogP contribution in [0.4, 0.5) is 23.1 Å². The van der Waals surface area contributed by atoms with Crippen molar-refractivity contribution in [1.82, 2.24) is 9.97 Å². The number of nitrogens with one attached hydrogen (secondary N) is 2. The molecule has 0 aliphatic heterocycles. The highest BCUT2D eigenvalue weighted by molar-refractivity contribution is 5.94. The number of carbonyl (C=O) groups excluding carboxylic acids is 1. The molecule has 28 heavy (non-hydrogen) atoms. The molecule has 0 aliphatic carbocycles. The highest BCUT2D eigenvalue weighted by Crippen LogP contribution is 2.25. The van der Waals surface area contributed by atoms with Gasteiger partial charge in [-0.05, 0) is 61.2 Å². The van der Waals surface area contributed by atoms with Crippen LogP contribution in [0, 0.1) is 6.92 Å². The van der Waals surface area contributed by atoms with Gasteiger partial charge in [-0.3, -0.25) is 4.79 Å². The van der Waals surface area contributed by atoms with Gasteiger partial charge in [0.15, 0.2) is 5.78 Å². The molecule has 0 saturated heterocycles. The first-order valence-corrected chi connectivity index (χ1v) is 9.32. The predicted octanol–water partition coefficient (Wildman–Crippen LogP) is 5.77. The van der Waals surface area contributed by atoms with Crippen LogP contribution in [0.15, 0.2) is 54.6 Å². The van der Waals surface area contributed by atoms with Gasteiger partial charge in [0.1, 0.15) is 5.82 Å². The first-order chi connectivity index (χ1) is 13.2. The van der Waals surface area contributed by atoms with Crippen molar-refractivity contribution in [3.8, 4) is 0 Å². The van der Waals surface area contributed by atoms with E-state index in [9.17, 15) is 4.79 Å². The third-order valence-electron chi connectivity index (χ3n) is 4.43. The van der Waals surface area contributed by atoms with Crippen molar-refractivity contribution in [1.29, 1.82) is 0 Å². The number of nitrogens with zero attached hydrogens (tertiary/aromatic N) is 2. The molecule has 0 radical (unpaired) electrons. The van der Waals surface area contributed by atoms with Crippen LogP contribution in [-0.2, 0) is 5.41 Å². The molecule has 0 unspecified atom stereocenters. The first-order valence-electron chi connectivity index (χ1n) is 9.32. The molecule has 0 aliphatic rings. The molecule has 0 amide bonds. The minimum Gasteiger partial charge on any atom is -0.340 e. The minimum absolute atomic E-state index is 0.0438. The van der Waals surface area contributed by atoms with Crippen LogP contribution in [0.3, 0.4) is 0 Å². The second kappa shape index (κ2) is 7.80. The summed E-state index contributed by atoms with van der Waals surface area (Å²) in [5.41, 5.74) is 4.75. The number of aryl methyl sites for hydroxylation is 1. The van der Waals surface area contributed by atoms with E-state index in [1.54, 1.807) is 19.1 Å². The van der Waals surface area contributed by atoms with Gasteiger partial charge in [0.2, 0.25) is 5.95 Å². The van der Waals surface area contributed by atoms with Gasteiger partial charge in [0, 0.05) is 28.7 Å². The van der Waals surface area contributed by atoms with Crippen molar-refractivity contribution < 1.29 is 4.79 Å². The van der Waals surface area contributed by atoms with Crippen LogP contribution in [0.25, 0.3) is 0 Å². The lowest BCUT2D eigenvalue weighted by atomic mass is 9.87. The number of benzene rings is 2. The first kappa shape index (κ1) is 19.5. The summed E-state index contributed by atoms with van der Waals surface area (Å²) >= 11 is 0. The van der Waals surface area contributed by atoms with E-state index in [1.807, 2.05) is 25.1 Å². The lowest BCUT2D eigenvalue weighted by Gasteiger charge is -2.19. The summed E-state index contributed by atoms with van der Waals surface area (Å²) in [5, 5.41) is 6.53. The van der Waals surface area contributed by atoms with E-state index in [4.69, 9.17) is 0 Å². The third kappa shape index (κ3) is 4.94. The zero-order valence-electron chi connectivity index (χ0n) is 17.0. The third-order valence-corrected chi connectivity index (χ3v) is 4.43. The summed E-state index contributed by atoms with van der Waals surface area (Å²) in [6.07, 6.45) is 0. The fraction of sp³-hybridized carbons (Fsp3) is 0.261. The molecule has 1 aromatic heterocycles. The van der Waals surface area contributed by atoms with E-state index in [2.05, 4.69) is 65.6 Å². The van der Waals surface area contributed by atoms with E-state index in [0.29, 0.717) is 11.5 Å². The van der Waals surface area contributed by atoms with Crippen LogP contribution in [0.2, 0.25) is 0 Å². The molecule has 0 spiro atoms. The maximum atomic E-state index is 11.4. The van der Waals surface area contributed by atoms with Crippen LogP contribution in [-0.4, -0.2) is 15.8 Å². The van der Waals surface area contributed by atoms with Gasteiger partial charge in [-0.2, -0.15) is 4.98 Å². The fourth-order valence-electron chi connectivity index (χ4n) is 2.81. The van der Waals surface area contributed by atoms with E-state index < -0.39 is 0 Å². The van der Waals surface area contributed by atoms with Crippen molar-refractivity contribution in [3.63, 3.8) is 0 Å². The molecule has 0 fully saturated rings. The highest BCUT2D eigenvalue weighted by Gasteiger charge is 2.13. The maximum absolute atomic E-state index is 11.4. The number of aromatic nitrogens is 2. The molecule has 3 rings (SSSR count). The quantitative estimate of drug-likeness (QED) is 0.555. The second-order valence-corrected chi connectivity index (χ2v) is 7.93. The number of hydrogen-bond acceptors (Lipinski definition) is 5. The second-order valence-electron chi connectivity index (χ2n) is 7.93. The molecule has 5 heteroatoms. The molecule has 2 N–H and O–H groups in total. The monoisotopic (exact) mass is 374 g/mol. The van der Waals surface area contributed by atoms with Gasteiger partial charge in [-0.25, -0.2) is 4.98 Å². The van der Waals surface area contributed by atoms with Gasteiger partial charge in [-0.15, -0.1) is 0 Å². The van der Waals surface area contributed by atoms with Crippen molar-refractivity contribution in [2.45, 2.75) is 40.0 Å². The molecule has 1 heterocycles. The Labute approximate surface area is 166 Å². The van der Waals surface area contributed by atoms with Gasteiger partial charge in [0.25, 0.3) is 0 Å². The molecular weight excluding hydrogens is 348 g/mol. The lowest BCUT2D eigenvalue weighted by molar-refractivity contribution is 0.101. The molecule has 2 aromatic carbocycles. The Morgan fingerprint density at radius 2 is 1.43 bits per heavy atom. The number of anilines is 4. The standard InChI is InChI=1S/C23H26N4O/c1-15-14-21(25-19-12-8-18(9-13-19)23(3,4)5)27-22(24-15)26-20-10-6-17(7-11-20)16(2)28/h6-14H,1-5H3,(H2,24,25,26,27). The number of ketones is 1. The molecule has 3 aromatic rings. The van der Waals surface area contributed by atoms with Crippen LogP contribution in [0.1, 0.15) is 49.3 Å². The fourth-order valence-corrected chi connectivity index (χ4v) is 2.81. The summed E-state index contributed by atoms with van der Waals surface area (Å²) in [6, 6.07) is 17.6. The molecule has 0 atom stereocenters. The zero-order valence-corrected chi connectivity index (χ0v) is 17.0. The topological polar surface area (TPSA) is 66.9 Å². The van der Waals surface area contributed by atoms with Gasteiger partial charge < -0.3 is 10.6 Å². The van der Waals surface area contributed by atoms with Gasteiger partial charge in [-0.1, -0.05) is 32.9 Å². The summed E-state index contributed by atoms with van der Waals surface area (Å²) in [7, 11) is 0. The van der Waals surface area contributed by atoms with Crippen LogP contribution >= 0.6 is 0 Å². The predicted molar refractivity (Wildman–Crippen MR) is 115 cm³/mol. The van der Waals surface area contributed by atoms with Crippen LogP contribution < -0.4 is 10.6 Å². The normalized spacial score (nSPS) is 11.2. The highest BCUT2D eigenvalue weighted by atomic mass is 16.1. The van der Waals surface area contributed by atoms with Crippen molar-refractivity contribution in [2.24, 2.45) is 0 Å². The Morgan fingerprint density at radius 1 is 0.857 bits per heavy atom. The van der Waals surface area contributed by atoms with E-state index in [0.717, 1.165) is 22.9 Å². The van der Waals surface area contributed by atoms with E-state index in [-0.39, 0.29) is 11.2 Å². The SMILES string of the molecule is CC(=O)c1ccc(Nc2nc(C)cc(Nc3ccc(C(C)(C)C)cc3)n2)cc1. The molecule has 5 nitrogen and oxygen atoms in total. The van der Waals surface area contributed by atoms with E-state index in [1.165, 1.54) is 5.56 Å². The summed E-state index contributed by atoms with van der Waals surface area (Å²) < 4.78 is 0. The van der Waals surface area contributed by atoms with Crippen LogP contribution in [0.5, 0.6) is 0 Å². The zero-order chi connectivity index (χ0) is 20.3. The smallest absolute Gasteiger partial charge is 0.229 e. The van der Waals surface area contributed by atoms with E-state index >= 15 is 0 Å². The summed E-state index contributed by atoms with van der Waals surface area (Å²) in [5.74, 6) is 1.27. The summed E-state index contributed by atoms with van der Waals surface area (Å²) in [6.45, 7) is 10.1. The average molecular weight is 374 g/mol. The summed E-state index contributed by atoms with van der Waals surface area (Å²) in [4.78, 5) is 20.4. The minimum atomic E-state index is 0.0438. The Morgan fingerprint density at radius 3 is 2.00 bits per heavy atom. The number of rotatable bonds is 5. The maximum Gasteiger partial charge on any atom is 0.229 e. The number of Topliss-reactive ketones (excluding diaryl/α,β-unsaturated/α-hetero) is 1. The molecule has 0 bridgehead atoms. The molecule has 0 saturated carbocycles. The lowest BCUT2D eigenvalue weighted by Crippen LogP contribution is -2.10. The van der Waals surface area contributed by atoms with Gasteiger partial charge in [0.05, 0.1) is 0 Å². The number of carbonyl (C=O) groups is 1. The van der Waals surface area contributed by atoms with Crippen molar-refractivity contribution in [2.75, 3.05) is 10.6 Å². The largest absolute Gasteiger partial charge is 0.340 e.